The van der Waals surface area contributed by atoms with Gasteiger partial charge in [-0.15, -0.1) is 0 Å². The SMILES string of the molecule is CO[C@H]1/C=C/O[C@@]2(C)Oc3c(C)c(O)c4c(c3C2=O)C(=O)C=C(NC(=O)/C(C)=C\C=C\[C@H](C)C[C@@H](C)C[C@@H](C)[C@H](OC(C)=O)[C@@H]1C)C4=O. The van der Waals surface area contributed by atoms with Crippen molar-refractivity contribution in [2.75, 3.05) is 7.11 Å². The number of fused-ring (bicyclic) bond motifs is 14. The minimum atomic E-state index is -1.95. The molecule has 1 aliphatic carbocycles. The molecule has 1 aromatic rings. The van der Waals surface area contributed by atoms with Crippen molar-refractivity contribution in [3.05, 3.63) is 70.2 Å². The maximum absolute atomic E-state index is 13.9. The van der Waals surface area contributed by atoms with E-state index < -0.39 is 58.5 Å². The Morgan fingerprint density at radius 3 is 2.35 bits per heavy atom. The fourth-order valence-corrected chi connectivity index (χ4v) is 6.79. The summed E-state index contributed by atoms with van der Waals surface area (Å²) < 4.78 is 23.4. The Kier molecular flexibility index (Phi) is 10.8. The van der Waals surface area contributed by atoms with E-state index in [0.29, 0.717) is 0 Å². The van der Waals surface area contributed by atoms with Crippen LogP contribution in [0.4, 0.5) is 0 Å². The second-order valence-electron chi connectivity index (χ2n) is 13.4. The molecule has 1 amide bonds. The zero-order valence-corrected chi connectivity index (χ0v) is 29.0. The summed E-state index contributed by atoms with van der Waals surface area (Å²) in [5.41, 5.74) is -0.911. The second kappa shape index (κ2) is 14.3. The number of carbonyl (C=O) groups excluding carboxylic acids is 5. The summed E-state index contributed by atoms with van der Waals surface area (Å²) in [6.45, 7) is 13.9. The number of hydrogen-bond acceptors (Lipinski definition) is 10. The molecule has 1 aromatic carbocycles. The van der Waals surface area contributed by atoms with Gasteiger partial charge in [-0.05, 0) is 50.5 Å². The van der Waals surface area contributed by atoms with Crippen LogP contribution in [0.2, 0.25) is 0 Å². The van der Waals surface area contributed by atoms with E-state index in [-0.39, 0.29) is 57.4 Å². The lowest BCUT2D eigenvalue weighted by Gasteiger charge is -2.33. The summed E-state index contributed by atoms with van der Waals surface area (Å²) in [5, 5.41) is 13.6. The Labute approximate surface area is 281 Å². The number of nitrogens with one attached hydrogen (secondary N) is 1. The number of Topliss-reactive ketones (excluding diaryl/α,β-unsaturated/α-hetero) is 2. The molecule has 5 bridgehead atoms. The van der Waals surface area contributed by atoms with Gasteiger partial charge in [-0.2, -0.15) is 0 Å². The third-order valence-corrected chi connectivity index (χ3v) is 9.26. The first-order valence-corrected chi connectivity index (χ1v) is 16.2. The fourth-order valence-electron chi connectivity index (χ4n) is 6.79. The first kappa shape index (κ1) is 36.3. The average Bonchev–Trinajstić information content (AvgIpc) is 3.27. The quantitative estimate of drug-likeness (QED) is 0.377. The molecule has 4 aliphatic rings. The van der Waals surface area contributed by atoms with Gasteiger partial charge < -0.3 is 29.4 Å². The van der Waals surface area contributed by atoms with Gasteiger partial charge in [-0.3, -0.25) is 24.0 Å². The molecule has 0 saturated heterocycles. The van der Waals surface area contributed by atoms with Crippen molar-refractivity contribution >= 4 is 29.2 Å². The molecule has 5 rings (SSSR count). The summed E-state index contributed by atoms with van der Waals surface area (Å²) in [7, 11) is 1.52. The first-order chi connectivity index (χ1) is 22.5. The van der Waals surface area contributed by atoms with Crippen molar-refractivity contribution in [3.8, 4) is 11.5 Å². The molecule has 0 saturated carbocycles. The highest BCUT2D eigenvalue weighted by Gasteiger charge is 2.51. The summed E-state index contributed by atoms with van der Waals surface area (Å²) in [4.78, 5) is 66.1. The predicted octanol–water partition coefficient (Wildman–Crippen LogP) is 5.69. The van der Waals surface area contributed by atoms with E-state index in [1.54, 1.807) is 25.2 Å². The van der Waals surface area contributed by atoms with Gasteiger partial charge in [0.15, 0.2) is 5.78 Å². The summed E-state index contributed by atoms with van der Waals surface area (Å²) >= 11 is 0. The average molecular weight is 664 g/mol. The molecular formula is C37H45NO10. The van der Waals surface area contributed by atoms with Crippen LogP contribution in [0.1, 0.15) is 97.9 Å². The van der Waals surface area contributed by atoms with Gasteiger partial charge in [0, 0.05) is 44.1 Å². The molecule has 0 aromatic heterocycles. The van der Waals surface area contributed by atoms with Crippen LogP contribution in [-0.4, -0.2) is 59.4 Å². The van der Waals surface area contributed by atoms with Gasteiger partial charge in [0.1, 0.15) is 17.6 Å². The van der Waals surface area contributed by atoms with Gasteiger partial charge in [0.05, 0.1) is 34.8 Å². The van der Waals surface area contributed by atoms with Crippen LogP contribution in [-0.2, 0) is 23.8 Å². The van der Waals surface area contributed by atoms with Crippen molar-refractivity contribution in [1.82, 2.24) is 5.32 Å². The number of hydrogen-bond donors (Lipinski definition) is 2. The van der Waals surface area contributed by atoms with E-state index in [2.05, 4.69) is 19.2 Å². The molecule has 258 valence electrons. The smallest absolute Gasteiger partial charge is 0.312 e. The van der Waals surface area contributed by atoms with E-state index in [4.69, 9.17) is 18.9 Å². The van der Waals surface area contributed by atoms with Gasteiger partial charge in [0.25, 0.3) is 11.7 Å². The number of benzene rings is 1. The number of carbonyl (C=O) groups is 5. The number of phenolic OH excluding ortho intramolecular Hbond substituents is 1. The largest absolute Gasteiger partial charge is 0.507 e. The molecule has 48 heavy (non-hydrogen) atoms. The number of methoxy groups -OCH3 is 1. The maximum atomic E-state index is 13.9. The third-order valence-electron chi connectivity index (χ3n) is 9.26. The Morgan fingerprint density at radius 1 is 1.02 bits per heavy atom. The Hall–Kier alpha value is -4.51. The first-order valence-electron chi connectivity index (χ1n) is 16.2. The van der Waals surface area contributed by atoms with Gasteiger partial charge in [-0.1, -0.05) is 45.9 Å². The lowest BCUT2D eigenvalue weighted by Crippen LogP contribution is -2.40. The minimum absolute atomic E-state index is 0.0264. The van der Waals surface area contributed by atoms with E-state index in [1.165, 1.54) is 34.1 Å². The number of phenols is 1. The number of allylic oxidation sites excluding steroid dienone is 5. The molecule has 0 spiro atoms. The van der Waals surface area contributed by atoms with Crippen molar-refractivity contribution in [2.24, 2.45) is 23.7 Å². The van der Waals surface area contributed by atoms with Gasteiger partial charge >= 0.3 is 11.8 Å². The van der Waals surface area contributed by atoms with Crippen molar-refractivity contribution in [1.29, 1.82) is 0 Å². The molecule has 11 nitrogen and oxygen atoms in total. The molecule has 7 atom stereocenters. The minimum Gasteiger partial charge on any atom is -0.507 e. The van der Waals surface area contributed by atoms with E-state index >= 15 is 0 Å². The number of ether oxygens (including phenoxy) is 4. The molecule has 0 radical (unpaired) electrons. The third kappa shape index (κ3) is 7.16. The van der Waals surface area contributed by atoms with Crippen molar-refractivity contribution in [3.63, 3.8) is 0 Å². The number of amides is 1. The number of esters is 1. The highest BCUT2D eigenvalue weighted by molar-refractivity contribution is 6.30. The molecule has 0 fully saturated rings. The van der Waals surface area contributed by atoms with E-state index in [0.717, 1.165) is 18.9 Å². The Bertz CT molecular complexity index is 1650. The van der Waals surface area contributed by atoms with Crippen LogP contribution in [0.5, 0.6) is 11.5 Å². The number of ketones is 3. The van der Waals surface area contributed by atoms with E-state index in [1.807, 2.05) is 19.9 Å². The zero-order valence-electron chi connectivity index (χ0n) is 29.0. The molecular weight excluding hydrogens is 618 g/mol. The second-order valence-corrected chi connectivity index (χ2v) is 13.4. The van der Waals surface area contributed by atoms with Crippen molar-refractivity contribution < 1.29 is 48.0 Å². The summed E-state index contributed by atoms with van der Waals surface area (Å²) in [6, 6.07) is 0. The summed E-state index contributed by atoms with van der Waals surface area (Å²) in [6.07, 6.45) is 9.68. The van der Waals surface area contributed by atoms with Crippen LogP contribution >= 0.6 is 0 Å². The predicted molar refractivity (Wildman–Crippen MR) is 176 cm³/mol. The lowest BCUT2D eigenvalue weighted by atomic mass is 9.82. The van der Waals surface area contributed by atoms with Gasteiger partial charge in [-0.25, -0.2) is 0 Å². The van der Waals surface area contributed by atoms with Gasteiger partial charge in [0.2, 0.25) is 5.78 Å². The standard InChI is InChI=1S/C37H45NO10/c1-18-11-10-12-20(3)36(44)38-25-17-26(40)28-29(32(25)42)31(41)23(6)34-30(28)35(43)37(8,48-34)46-14-13-27(45-9)22(5)33(47-24(7)39)21(4)16-19(2)15-18/h10-14,17-19,21-22,27,33,41H,15-16H2,1-9H3,(H,38,44)/b11-10+,14-13+,20-12-/t18-,19+,21+,22+,27-,33-,37-/m0/s1. The molecule has 3 heterocycles. The Morgan fingerprint density at radius 2 is 1.71 bits per heavy atom. The normalized spacial score (nSPS) is 32.3. The molecule has 3 aliphatic heterocycles. The fraction of sp³-hybridized carbons (Fsp3) is 0.486. The molecule has 11 heteroatoms. The van der Waals surface area contributed by atoms with Crippen LogP contribution < -0.4 is 10.1 Å². The number of aromatic hydroxyl groups is 1. The molecule has 2 N–H and O–H groups in total. The maximum Gasteiger partial charge on any atom is 0.312 e. The zero-order chi connectivity index (χ0) is 35.7. The highest BCUT2D eigenvalue weighted by atomic mass is 16.7. The topological polar surface area (TPSA) is 155 Å². The summed E-state index contributed by atoms with van der Waals surface area (Å²) in [5.74, 6) is -5.84. The van der Waals surface area contributed by atoms with Crippen LogP contribution in [0.3, 0.4) is 0 Å². The highest BCUT2D eigenvalue weighted by Crippen LogP contribution is 2.47. The molecule has 0 unspecified atom stereocenters. The van der Waals surface area contributed by atoms with Crippen LogP contribution in [0, 0.1) is 30.6 Å². The van der Waals surface area contributed by atoms with Crippen molar-refractivity contribution in [2.45, 2.75) is 86.2 Å². The monoisotopic (exact) mass is 663 g/mol. The van der Waals surface area contributed by atoms with E-state index in [9.17, 15) is 29.1 Å². The van der Waals surface area contributed by atoms with Crippen LogP contribution in [0.25, 0.3) is 0 Å². The van der Waals surface area contributed by atoms with Crippen LogP contribution in [0.15, 0.2) is 47.9 Å². The lowest BCUT2D eigenvalue weighted by molar-refractivity contribution is -0.155. The Balaban J connectivity index is 1.79. The number of rotatable bonds is 2.